The Morgan fingerprint density at radius 2 is 1.58 bits per heavy atom. The van der Waals surface area contributed by atoms with Gasteiger partial charge in [-0.1, -0.05) is 25.1 Å². The van der Waals surface area contributed by atoms with Crippen LogP contribution in [-0.4, -0.2) is 34.2 Å². The lowest BCUT2D eigenvalue weighted by atomic mass is 9.86. The van der Waals surface area contributed by atoms with Gasteiger partial charge in [0.15, 0.2) is 5.54 Å². The molecule has 1 aromatic rings. The number of nitrogens with zero attached hydrogens (tertiary/aromatic N) is 1. The first-order valence-electron chi connectivity index (χ1n) is 8.15. The Morgan fingerprint density at radius 1 is 1.08 bits per heavy atom. The average molecular weight is 375 g/mol. The number of hydrogen-bond acceptors (Lipinski definition) is 3. The number of carboxylic acids is 1. The van der Waals surface area contributed by atoms with Crippen molar-refractivity contribution >= 4 is 12.1 Å². The maximum atomic E-state index is 13.4. The molecule has 1 atom stereocenters. The van der Waals surface area contributed by atoms with E-state index in [1.807, 2.05) is 0 Å². The molecule has 0 spiro atoms. The van der Waals surface area contributed by atoms with E-state index in [9.17, 15) is 27.9 Å². The second-order valence-corrected chi connectivity index (χ2v) is 7.05. The summed E-state index contributed by atoms with van der Waals surface area (Å²) < 4.78 is 45.5. The van der Waals surface area contributed by atoms with Crippen molar-refractivity contribution in [1.29, 1.82) is 0 Å². The topological polar surface area (TPSA) is 66.8 Å². The molecule has 0 radical (unpaired) electrons. The molecule has 1 unspecified atom stereocenters. The Morgan fingerprint density at radius 3 is 1.96 bits per heavy atom. The molecule has 8 heteroatoms. The van der Waals surface area contributed by atoms with E-state index in [1.165, 1.54) is 12.1 Å². The third-order valence-corrected chi connectivity index (χ3v) is 3.77. The molecule has 0 fully saturated rings. The van der Waals surface area contributed by atoms with Crippen LogP contribution >= 0.6 is 0 Å². The molecule has 146 valence electrons. The van der Waals surface area contributed by atoms with E-state index < -0.39 is 40.5 Å². The molecule has 0 heterocycles. The van der Waals surface area contributed by atoms with Crippen molar-refractivity contribution < 1.29 is 32.6 Å². The summed E-state index contributed by atoms with van der Waals surface area (Å²) in [5, 5.41) is 9.80. The predicted molar refractivity (Wildman–Crippen MR) is 89.7 cm³/mol. The number of carboxylic acid groups (broad SMARTS) is 1. The smallest absolute Gasteiger partial charge is 0.416 e. The van der Waals surface area contributed by atoms with E-state index in [2.05, 4.69) is 0 Å². The molecule has 0 aliphatic rings. The van der Waals surface area contributed by atoms with Crippen molar-refractivity contribution in [2.45, 2.75) is 58.4 Å². The van der Waals surface area contributed by atoms with Crippen LogP contribution in [-0.2, 0) is 21.2 Å². The van der Waals surface area contributed by atoms with E-state index in [4.69, 9.17) is 4.74 Å². The Labute approximate surface area is 150 Å². The van der Waals surface area contributed by atoms with Crippen LogP contribution in [0.25, 0.3) is 0 Å². The van der Waals surface area contributed by atoms with Gasteiger partial charge in [0.2, 0.25) is 0 Å². The van der Waals surface area contributed by atoms with E-state index in [1.54, 1.807) is 27.7 Å². The summed E-state index contributed by atoms with van der Waals surface area (Å²) in [6.07, 6.45) is -5.41. The fraction of sp³-hybridized carbons (Fsp3) is 0.556. The van der Waals surface area contributed by atoms with Crippen molar-refractivity contribution in [3.05, 3.63) is 35.4 Å². The maximum Gasteiger partial charge on any atom is 0.416 e. The highest BCUT2D eigenvalue weighted by Gasteiger charge is 2.49. The number of halogens is 3. The van der Waals surface area contributed by atoms with Gasteiger partial charge >= 0.3 is 18.2 Å². The van der Waals surface area contributed by atoms with Crippen molar-refractivity contribution in [2.24, 2.45) is 0 Å². The number of benzene rings is 1. The van der Waals surface area contributed by atoms with Gasteiger partial charge in [0, 0.05) is 12.1 Å². The van der Waals surface area contributed by atoms with Gasteiger partial charge in [-0.05, 0) is 40.2 Å². The minimum Gasteiger partial charge on any atom is -0.479 e. The molecule has 0 saturated carbocycles. The Kier molecular flexibility index (Phi) is 6.33. The summed E-state index contributed by atoms with van der Waals surface area (Å²) in [6.45, 7) is 7.48. The van der Waals surface area contributed by atoms with Crippen LogP contribution in [0, 0.1) is 0 Å². The Hall–Kier alpha value is -2.25. The fourth-order valence-electron chi connectivity index (χ4n) is 2.57. The zero-order valence-corrected chi connectivity index (χ0v) is 15.5. The van der Waals surface area contributed by atoms with Gasteiger partial charge < -0.3 is 9.84 Å². The standard InChI is InChI=1S/C18H24F3NO4/c1-6-11-22(15(25)26-16(2,3)4)17(5,14(23)24)12-9-7-8-10-13(12)18(19,20)21/h7-10H,6,11H2,1-5H3,(H,23,24). The van der Waals surface area contributed by atoms with Gasteiger partial charge in [-0.25, -0.2) is 9.59 Å². The highest BCUT2D eigenvalue weighted by molar-refractivity contribution is 5.86. The first kappa shape index (κ1) is 21.8. The van der Waals surface area contributed by atoms with Crippen molar-refractivity contribution in [2.75, 3.05) is 6.54 Å². The average Bonchev–Trinajstić information content (AvgIpc) is 2.49. The number of carbonyl (C=O) groups excluding carboxylic acids is 1. The number of rotatable bonds is 5. The number of aliphatic carboxylic acids is 1. The largest absolute Gasteiger partial charge is 0.479 e. The van der Waals surface area contributed by atoms with Gasteiger partial charge in [0.1, 0.15) is 5.60 Å². The summed E-state index contributed by atoms with van der Waals surface area (Å²) in [6, 6.07) is 4.36. The fourth-order valence-corrected chi connectivity index (χ4v) is 2.57. The minimum atomic E-state index is -4.76. The van der Waals surface area contributed by atoms with Gasteiger partial charge in [-0.15, -0.1) is 0 Å². The summed E-state index contributed by atoms with van der Waals surface area (Å²) >= 11 is 0. The van der Waals surface area contributed by atoms with E-state index in [0.717, 1.165) is 24.0 Å². The molecule has 26 heavy (non-hydrogen) atoms. The number of carbonyl (C=O) groups is 2. The summed E-state index contributed by atoms with van der Waals surface area (Å²) in [5.74, 6) is -1.58. The lowest BCUT2D eigenvalue weighted by molar-refractivity contribution is -0.153. The van der Waals surface area contributed by atoms with Gasteiger partial charge in [0.25, 0.3) is 0 Å². The lowest BCUT2D eigenvalue weighted by Gasteiger charge is -2.40. The first-order chi connectivity index (χ1) is 11.7. The van der Waals surface area contributed by atoms with Crippen molar-refractivity contribution in [3.8, 4) is 0 Å². The molecular weight excluding hydrogens is 351 g/mol. The second-order valence-electron chi connectivity index (χ2n) is 7.05. The molecule has 1 rings (SSSR count). The lowest BCUT2D eigenvalue weighted by Crippen LogP contribution is -2.55. The highest BCUT2D eigenvalue weighted by atomic mass is 19.4. The van der Waals surface area contributed by atoms with Crippen LogP contribution in [0.4, 0.5) is 18.0 Å². The molecule has 0 aromatic heterocycles. The molecule has 1 amide bonds. The van der Waals surface area contributed by atoms with Crippen LogP contribution in [0.3, 0.4) is 0 Å². The number of ether oxygens (including phenoxy) is 1. The molecular formula is C18H24F3NO4. The number of alkyl halides is 3. The molecule has 0 aliphatic heterocycles. The van der Waals surface area contributed by atoms with Crippen molar-refractivity contribution in [3.63, 3.8) is 0 Å². The summed E-state index contributed by atoms with van der Waals surface area (Å²) in [4.78, 5) is 25.5. The summed E-state index contributed by atoms with van der Waals surface area (Å²) in [7, 11) is 0. The molecule has 1 aromatic carbocycles. The van der Waals surface area contributed by atoms with E-state index in [-0.39, 0.29) is 6.54 Å². The zero-order chi connectivity index (χ0) is 20.3. The van der Waals surface area contributed by atoms with Crippen LogP contribution < -0.4 is 0 Å². The molecule has 0 bridgehead atoms. The first-order valence-corrected chi connectivity index (χ1v) is 8.15. The third kappa shape index (κ3) is 4.68. The SMILES string of the molecule is CCCN(C(=O)OC(C)(C)C)C(C)(C(=O)O)c1ccccc1C(F)(F)F. The van der Waals surface area contributed by atoms with Crippen LogP contribution in [0.15, 0.2) is 24.3 Å². The monoisotopic (exact) mass is 375 g/mol. The number of hydrogen-bond donors (Lipinski definition) is 1. The Balaban J connectivity index is 3.61. The van der Waals surface area contributed by atoms with Crippen LogP contribution in [0.1, 0.15) is 52.2 Å². The van der Waals surface area contributed by atoms with Crippen LogP contribution in [0.5, 0.6) is 0 Å². The van der Waals surface area contributed by atoms with Gasteiger partial charge in [0.05, 0.1) is 5.56 Å². The number of amides is 1. The highest BCUT2D eigenvalue weighted by Crippen LogP contribution is 2.40. The third-order valence-electron chi connectivity index (χ3n) is 3.77. The quantitative estimate of drug-likeness (QED) is 0.813. The van der Waals surface area contributed by atoms with Crippen molar-refractivity contribution in [1.82, 2.24) is 4.90 Å². The maximum absolute atomic E-state index is 13.4. The molecule has 1 N–H and O–H groups in total. The summed E-state index contributed by atoms with van der Waals surface area (Å²) in [5.41, 5.74) is -4.79. The zero-order valence-electron chi connectivity index (χ0n) is 15.5. The van der Waals surface area contributed by atoms with E-state index >= 15 is 0 Å². The second kappa shape index (κ2) is 7.55. The molecule has 0 saturated heterocycles. The normalized spacial score (nSPS) is 14.5. The predicted octanol–water partition coefficient (Wildman–Crippen LogP) is 4.65. The minimum absolute atomic E-state index is 0.0795. The molecule has 0 aliphatic carbocycles. The Bertz CT molecular complexity index is 667. The van der Waals surface area contributed by atoms with Crippen LogP contribution in [0.2, 0.25) is 0 Å². The molecule has 5 nitrogen and oxygen atoms in total. The van der Waals surface area contributed by atoms with Gasteiger partial charge in [-0.3, -0.25) is 4.90 Å². The van der Waals surface area contributed by atoms with E-state index in [0.29, 0.717) is 6.42 Å². The van der Waals surface area contributed by atoms with Gasteiger partial charge in [-0.2, -0.15) is 13.2 Å².